The Hall–Kier alpha value is -1.96. The Labute approximate surface area is 162 Å². The van der Waals surface area contributed by atoms with Gasteiger partial charge in [0.05, 0.1) is 16.5 Å². The van der Waals surface area contributed by atoms with Crippen LogP contribution in [0.4, 0.5) is 5.82 Å². The molecule has 1 aliphatic heterocycles. The minimum atomic E-state index is -0.848. The predicted molar refractivity (Wildman–Crippen MR) is 106 cm³/mol. The summed E-state index contributed by atoms with van der Waals surface area (Å²) in [4.78, 5) is 26.0. The molecule has 0 radical (unpaired) electrons. The predicted octanol–water partition coefficient (Wildman–Crippen LogP) is 3.49. The third kappa shape index (κ3) is 3.35. The number of aromatic nitrogens is 1. The molecule has 0 saturated carbocycles. The third-order valence-electron chi connectivity index (χ3n) is 5.66. The lowest BCUT2D eigenvalue weighted by molar-refractivity contribution is 0.0688. The zero-order valence-electron chi connectivity index (χ0n) is 15.7. The van der Waals surface area contributed by atoms with Gasteiger partial charge in [0.15, 0.2) is 0 Å². The summed E-state index contributed by atoms with van der Waals surface area (Å²) in [5.41, 5.74) is 2.50. The highest BCUT2D eigenvalue weighted by Crippen LogP contribution is 2.46. The molecule has 0 bridgehead atoms. The number of carbonyl (C=O) groups is 1. The van der Waals surface area contributed by atoms with E-state index in [1.165, 1.54) is 4.88 Å². The van der Waals surface area contributed by atoms with Gasteiger partial charge < -0.3 is 10.0 Å². The van der Waals surface area contributed by atoms with Crippen molar-refractivity contribution in [3.63, 3.8) is 0 Å². The second-order valence-corrected chi connectivity index (χ2v) is 9.33. The van der Waals surface area contributed by atoms with Gasteiger partial charge in [-0.05, 0) is 48.8 Å². The average Bonchev–Trinajstić information content (AvgIpc) is 3.25. The molecule has 0 amide bonds. The summed E-state index contributed by atoms with van der Waals surface area (Å²) in [6.45, 7) is 5.89. The molecule has 2 aromatic heterocycles. The maximum absolute atomic E-state index is 12.2. The third-order valence-corrected chi connectivity index (χ3v) is 6.98. The Morgan fingerprint density at radius 3 is 3.00 bits per heavy atom. The highest BCUT2D eigenvalue weighted by Gasteiger charge is 2.34. The van der Waals surface area contributed by atoms with Crippen molar-refractivity contribution in [1.82, 2.24) is 4.98 Å². The van der Waals surface area contributed by atoms with Crippen LogP contribution in [0.15, 0.2) is 18.3 Å². The molecular weight excluding hydrogens is 362 g/mol. The zero-order chi connectivity index (χ0) is 19.2. The Morgan fingerprint density at radius 2 is 2.30 bits per heavy atom. The maximum atomic E-state index is 12.2. The number of carboxylic acid groups (broad SMARTS) is 1. The van der Waals surface area contributed by atoms with E-state index in [0.29, 0.717) is 12.1 Å². The van der Waals surface area contributed by atoms with E-state index >= 15 is 0 Å². The zero-order valence-corrected chi connectivity index (χ0v) is 16.5. The van der Waals surface area contributed by atoms with Gasteiger partial charge >= 0.3 is 5.97 Å². The molecule has 3 N–H and O–H groups in total. The van der Waals surface area contributed by atoms with Gasteiger partial charge in [0.1, 0.15) is 5.82 Å². The van der Waals surface area contributed by atoms with Crippen LogP contribution in [0.2, 0.25) is 0 Å². The Bertz CT molecular complexity index is 877. The Balaban J connectivity index is 1.81. The second-order valence-electron chi connectivity index (χ2n) is 8.22. The normalized spacial score (nSPS) is 21.3. The first-order chi connectivity index (χ1) is 12.9. The number of fused-ring (bicyclic) bond motifs is 1. The number of rotatable bonds is 4. The van der Waals surface area contributed by atoms with Crippen molar-refractivity contribution in [3.05, 3.63) is 34.3 Å². The first kappa shape index (κ1) is 18.4. The lowest BCUT2D eigenvalue weighted by Gasteiger charge is -2.29. The molecule has 7 heteroatoms. The molecule has 4 rings (SSSR count). The van der Waals surface area contributed by atoms with E-state index in [4.69, 9.17) is 10.7 Å². The highest BCUT2D eigenvalue weighted by molar-refractivity contribution is 7.16. The van der Waals surface area contributed by atoms with Gasteiger partial charge in [0, 0.05) is 29.7 Å². The topological polar surface area (TPSA) is 88.7 Å². The molecule has 0 aromatic carbocycles. The minimum Gasteiger partial charge on any atom is -0.478 e. The number of anilines is 1. The number of thiophene rings is 1. The van der Waals surface area contributed by atoms with Crippen molar-refractivity contribution in [2.45, 2.75) is 45.6 Å². The minimum absolute atomic E-state index is 0.0175. The van der Waals surface area contributed by atoms with Crippen LogP contribution < -0.4 is 10.8 Å². The van der Waals surface area contributed by atoms with Crippen LogP contribution in [0.5, 0.6) is 0 Å². The van der Waals surface area contributed by atoms with Crippen molar-refractivity contribution < 1.29 is 14.7 Å². The lowest BCUT2D eigenvalue weighted by atomic mass is 9.76. The van der Waals surface area contributed by atoms with Gasteiger partial charge in [-0.25, -0.2) is 15.7 Å². The number of aromatic carboxylic acids is 1. The van der Waals surface area contributed by atoms with Crippen molar-refractivity contribution in [3.8, 4) is 10.4 Å². The fraction of sp³-hybridized carbons (Fsp3) is 0.500. The van der Waals surface area contributed by atoms with Crippen molar-refractivity contribution in [2.24, 2.45) is 11.3 Å². The quantitative estimate of drug-likeness (QED) is 0.781. The van der Waals surface area contributed by atoms with Crippen molar-refractivity contribution in [1.29, 1.82) is 0 Å². The number of nitrogens with two attached hydrogens (primary N) is 1. The summed E-state index contributed by atoms with van der Waals surface area (Å²) in [6.07, 6.45) is 5.41. The molecule has 144 valence electrons. The summed E-state index contributed by atoms with van der Waals surface area (Å²) >= 11 is 1.62. The number of carboxylic acids is 1. The van der Waals surface area contributed by atoms with Gasteiger partial charge in [-0.15, -0.1) is 11.3 Å². The van der Waals surface area contributed by atoms with Crippen molar-refractivity contribution in [2.75, 3.05) is 18.0 Å². The first-order valence-corrected chi connectivity index (χ1v) is 10.1. The van der Waals surface area contributed by atoms with E-state index < -0.39 is 5.97 Å². The monoisotopic (exact) mass is 387 g/mol. The van der Waals surface area contributed by atoms with E-state index in [-0.39, 0.29) is 11.5 Å². The van der Waals surface area contributed by atoms with Crippen LogP contribution in [0.25, 0.3) is 10.4 Å². The summed E-state index contributed by atoms with van der Waals surface area (Å²) in [6, 6.07) is 3.86. The van der Waals surface area contributed by atoms with E-state index in [9.17, 15) is 9.90 Å². The summed E-state index contributed by atoms with van der Waals surface area (Å²) in [7, 11) is 0. The molecule has 0 spiro atoms. The fourth-order valence-corrected chi connectivity index (χ4v) is 5.52. The fourth-order valence-electron chi connectivity index (χ4n) is 4.19. The van der Waals surface area contributed by atoms with Gasteiger partial charge in [-0.2, -0.15) is 0 Å². The van der Waals surface area contributed by atoms with Gasteiger partial charge in [-0.1, -0.05) is 13.8 Å². The SMILES string of the molecule is CC1(C)CCc2sc(-c3cccnc3N3CC[C@@H](ON)C3)c(C(=O)O)c2C1. The maximum Gasteiger partial charge on any atom is 0.337 e. The molecule has 27 heavy (non-hydrogen) atoms. The summed E-state index contributed by atoms with van der Waals surface area (Å²) in [5.74, 6) is 5.33. The van der Waals surface area contributed by atoms with Gasteiger partial charge in [0.25, 0.3) is 0 Å². The molecule has 0 unspecified atom stereocenters. The summed E-state index contributed by atoms with van der Waals surface area (Å²) < 4.78 is 0. The standard InChI is InChI=1S/C20H25N3O3S/c1-20(2)7-5-15-14(10-20)16(19(24)25)17(27-15)13-4-3-8-22-18(13)23-9-6-12(11-23)26-21/h3-4,8,12H,5-7,9-11,21H2,1-2H3,(H,24,25)/t12-/m1/s1. The lowest BCUT2D eigenvalue weighted by Crippen LogP contribution is -2.25. The van der Waals surface area contributed by atoms with Crippen LogP contribution >= 0.6 is 11.3 Å². The number of pyridine rings is 1. The van der Waals surface area contributed by atoms with E-state index in [1.807, 2.05) is 12.1 Å². The molecule has 3 heterocycles. The highest BCUT2D eigenvalue weighted by atomic mass is 32.1. The molecule has 1 saturated heterocycles. The Morgan fingerprint density at radius 1 is 1.48 bits per heavy atom. The molecule has 2 aliphatic rings. The van der Waals surface area contributed by atoms with Crippen LogP contribution in [0.3, 0.4) is 0 Å². The average molecular weight is 388 g/mol. The van der Waals surface area contributed by atoms with E-state index in [2.05, 4.69) is 23.7 Å². The van der Waals surface area contributed by atoms with Crippen LogP contribution in [0.1, 0.15) is 47.5 Å². The van der Waals surface area contributed by atoms with E-state index in [0.717, 1.165) is 54.0 Å². The summed E-state index contributed by atoms with van der Waals surface area (Å²) in [5, 5.41) is 10.0. The van der Waals surface area contributed by atoms with Crippen LogP contribution in [-0.4, -0.2) is 35.3 Å². The second kappa shape index (κ2) is 6.89. The molecule has 1 fully saturated rings. The van der Waals surface area contributed by atoms with Crippen molar-refractivity contribution >= 4 is 23.1 Å². The molecule has 1 atom stereocenters. The largest absolute Gasteiger partial charge is 0.478 e. The molecule has 1 aliphatic carbocycles. The van der Waals surface area contributed by atoms with Gasteiger partial charge in [0.2, 0.25) is 0 Å². The van der Waals surface area contributed by atoms with Crippen LogP contribution in [-0.2, 0) is 17.7 Å². The van der Waals surface area contributed by atoms with E-state index in [1.54, 1.807) is 17.5 Å². The molecular formula is C20H25N3O3S. The molecule has 6 nitrogen and oxygen atoms in total. The number of nitrogens with zero attached hydrogens (tertiary/aromatic N) is 2. The number of aryl methyl sites for hydroxylation is 1. The van der Waals surface area contributed by atoms with Gasteiger partial charge in [-0.3, -0.25) is 4.84 Å². The first-order valence-electron chi connectivity index (χ1n) is 9.33. The number of hydrogen-bond donors (Lipinski definition) is 2. The number of hydrogen-bond acceptors (Lipinski definition) is 6. The smallest absolute Gasteiger partial charge is 0.337 e. The van der Waals surface area contributed by atoms with Crippen LogP contribution in [0, 0.1) is 5.41 Å². The molecule has 2 aromatic rings. The Kier molecular flexibility index (Phi) is 4.70.